The van der Waals surface area contributed by atoms with E-state index in [-0.39, 0.29) is 17.6 Å². The third-order valence-electron chi connectivity index (χ3n) is 4.91. The van der Waals surface area contributed by atoms with Crippen LogP contribution in [0.3, 0.4) is 0 Å². The molecule has 0 spiro atoms. The zero-order chi connectivity index (χ0) is 19.6. The second-order valence-electron chi connectivity index (χ2n) is 6.91. The second-order valence-corrected chi connectivity index (χ2v) is 8.59. The van der Waals surface area contributed by atoms with Crippen LogP contribution in [0.1, 0.15) is 36.0 Å². The Morgan fingerprint density at radius 3 is 2.46 bits per heavy atom. The van der Waals surface area contributed by atoms with E-state index in [1.807, 2.05) is 4.90 Å². The van der Waals surface area contributed by atoms with Gasteiger partial charge in [-0.15, -0.1) is 0 Å². The molecule has 0 bridgehead atoms. The van der Waals surface area contributed by atoms with Gasteiger partial charge in [0.25, 0.3) is 15.9 Å². The molecule has 2 heterocycles. The first-order chi connectivity index (χ1) is 13.5. The molecule has 2 aliphatic rings. The summed E-state index contributed by atoms with van der Waals surface area (Å²) in [5.41, 5.74) is 0.754. The van der Waals surface area contributed by atoms with Gasteiger partial charge in [-0.1, -0.05) is 18.9 Å². The molecule has 2 aliphatic heterocycles. The Hall–Kier alpha value is -2.74. The highest BCUT2D eigenvalue weighted by Gasteiger charge is 2.21. The Morgan fingerprint density at radius 1 is 0.929 bits per heavy atom. The Balaban J connectivity index is 1.55. The number of benzene rings is 2. The fraction of sp³-hybridized carbons (Fsp3) is 0.350. The summed E-state index contributed by atoms with van der Waals surface area (Å²) < 4.78 is 38.6. The van der Waals surface area contributed by atoms with Gasteiger partial charge >= 0.3 is 0 Å². The lowest BCUT2D eigenvalue weighted by Gasteiger charge is -2.20. The number of sulfonamides is 1. The zero-order valence-electron chi connectivity index (χ0n) is 15.4. The lowest BCUT2D eigenvalue weighted by atomic mass is 10.2. The molecule has 0 radical (unpaired) electrons. The summed E-state index contributed by atoms with van der Waals surface area (Å²) in [6.45, 7) is 1.54. The van der Waals surface area contributed by atoms with Crippen LogP contribution in [0.5, 0.6) is 11.5 Å². The van der Waals surface area contributed by atoms with E-state index in [1.54, 1.807) is 30.3 Å². The standard InChI is InChI=1S/C20H22N2O5S/c23-20(22-10-3-1-2-4-11-22)15-6-5-7-17(12-15)28(24,25)21-16-8-9-18-19(13-16)27-14-26-18/h5-9,12-13,21H,1-4,10-11,14H2. The fourth-order valence-electron chi connectivity index (χ4n) is 3.43. The van der Waals surface area contributed by atoms with Gasteiger partial charge in [-0.2, -0.15) is 0 Å². The Morgan fingerprint density at radius 2 is 1.68 bits per heavy atom. The summed E-state index contributed by atoms with van der Waals surface area (Å²) in [5.74, 6) is 0.945. The van der Waals surface area contributed by atoms with Gasteiger partial charge < -0.3 is 14.4 Å². The van der Waals surface area contributed by atoms with Crippen molar-refractivity contribution in [1.29, 1.82) is 0 Å². The highest BCUT2D eigenvalue weighted by Crippen LogP contribution is 2.34. The van der Waals surface area contributed by atoms with Gasteiger partial charge in [0.1, 0.15) is 0 Å². The first-order valence-corrected chi connectivity index (χ1v) is 10.8. The SMILES string of the molecule is O=C(c1cccc(S(=O)(=O)Nc2ccc3c(c2)OCO3)c1)N1CCCCCC1. The first-order valence-electron chi connectivity index (χ1n) is 9.35. The van der Waals surface area contributed by atoms with Crippen LogP contribution in [0.25, 0.3) is 0 Å². The molecule has 4 rings (SSSR count). The molecule has 1 fully saturated rings. The van der Waals surface area contributed by atoms with Gasteiger partial charge in [0.05, 0.1) is 10.6 Å². The molecular weight excluding hydrogens is 380 g/mol. The summed E-state index contributed by atoms with van der Waals surface area (Å²) >= 11 is 0. The van der Waals surface area contributed by atoms with Crippen LogP contribution >= 0.6 is 0 Å². The highest BCUT2D eigenvalue weighted by atomic mass is 32.2. The Labute approximate surface area is 164 Å². The van der Waals surface area contributed by atoms with E-state index in [2.05, 4.69) is 4.72 Å². The number of likely N-dealkylation sites (tertiary alicyclic amines) is 1. The maximum atomic E-state index is 12.8. The van der Waals surface area contributed by atoms with E-state index in [0.29, 0.717) is 35.8 Å². The molecule has 2 aromatic rings. The summed E-state index contributed by atoms with van der Waals surface area (Å²) in [6, 6.07) is 11.0. The Bertz CT molecular complexity index is 982. The van der Waals surface area contributed by atoms with Gasteiger partial charge in [-0.05, 0) is 43.2 Å². The molecule has 1 saturated heterocycles. The number of carbonyl (C=O) groups excluding carboxylic acids is 1. The number of ether oxygens (including phenoxy) is 2. The molecule has 0 unspecified atom stereocenters. The van der Waals surface area contributed by atoms with E-state index < -0.39 is 10.0 Å². The molecule has 1 N–H and O–H groups in total. The number of hydrogen-bond donors (Lipinski definition) is 1. The smallest absolute Gasteiger partial charge is 0.261 e. The number of amides is 1. The van der Waals surface area contributed by atoms with Crippen LogP contribution in [-0.4, -0.2) is 39.1 Å². The van der Waals surface area contributed by atoms with Crippen molar-refractivity contribution in [3.8, 4) is 11.5 Å². The monoisotopic (exact) mass is 402 g/mol. The van der Waals surface area contributed by atoms with Gasteiger partial charge in [-0.3, -0.25) is 9.52 Å². The zero-order valence-corrected chi connectivity index (χ0v) is 16.2. The molecule has 8 heteroatoms. The number of nitrogens with one attached hydrogen (secondary N) is 1. The summed E-state index contributed by atoms with van der Waals surface area (Å²) in [4.78, 5) is 14.7. The van der Waals surface area contributed by atoms with Crippen molar-refractivity contribution >= 4 is 21.6 Å². The molecule has 0 saturated carbocycles. The highest BCUT2D eigenvalue weighted by molar-refractivity contribution is 7.92. The number of anilines is 1. The average Bonchev–Trinajstić information content (AvgIpc) is 2.99. The predicted octanol–water partition coefficient (Wildman–Crippen LogP) is 3.23. The van der Waals surface area contributed by atoms with Crippen molar-refractivity contribution in [3.63, 3.8) is 0 Å². The number of rotatable bonds is 4. The largest absolute Gasteiger partial charge is 0.454 e. The molecule has 7 nitrogen and oxygen atoms in total. The molecule has 0 atom stereocenters. The third kappa shape index (κ3) is 3.91. The van der Waals surface area contributed by atoms with Crippen LogP contribution in [0.4, 0.5) is 5.69 Å². The minimum atomic E-state index is -3.84. The van der Waals surface area contributed by atoms with E-state index in [9.17, 15) is 13.2 Å². The number of fused-ring (bicyclic) bond motifs is 1. The minimum Gasteiger partial charge on any atom is -0.454 e. The Kier molecular flexibility index (Phi) is 5.13. The van der Waals surface area contributed by atoms with Crippen LogP contribution in [0, 0.1) is 0 Å². The maximum Gasteiger partial charge on any atom is 0.261 e. The normalized spacial score (nSPS) is 16.5. The van der Waals surface area contributed by atoms with Gasteiger partial charge in [0, 0.05) is 24.7 Å². The van der Waals surface area contributed by atoms with Crippen LogP contribution < -0.4 is 14.2 Å². The molecule has 148 valence electrons. The van der Waals surface area contributed by atoms with Crippen molar-refractivity contribution in [2.75, 3.05) is 24.6 Å². The predicted molar refractivity (Wildman–Crippen MR) is 104 cm³/mol. The van der Waals surface area contributed by atoms with E-state index in [1.165, 1.54) is 12.1 Å². The summed E-state index contributed by atoms with van der Waals surface area (Å²) in [5, 5.41) is 0. The molecule has 2 aromatic carbocycles. The quantitative estimate of drug-likeness (QED) is 0.849. The van der Waals surface area contributed by atoms with Crippen LogP contribution in [0.2, 0.25) is 0 Å². The van der Waals surface area contributed by atoms with Crippen LogP contribution in [0.15, 0.2) is 47.4 Å². The van der Waals surface area contributed by atoms with E-state index >= 15 is 0 Å². The van der Waals surface area contributed by atoms with Crippen molar-refractivity contribution in [2.24, 2.45) is 0 Å². The van der Waals surface area contributed by atoms with Crippen molar-refractivity contribution < 1.29 is 22.7 Å². The van der Waals surface area contributed by atoms with Gasteiger partial charge in [-0.25, -0.2) is 8.42 Å². The summed E-state index contributed by atoms with van der Waals surface area (Å²) in [7, 11) is -3.84. The number of carbonyl (C=O) groups is 1. The molecule has 0 aromatic heterocycles. The molecule has 0 aliphatic carbocycles. The van der Waals surface area contributed by atoms with Crippen molar-refractivity contribution in [1.82, 2.24) is 4.90 Å². The average molecular weight is 402 g/mol. The number of nitrogens with zero attached hydrogens (tertiary/aromatic N) is 1. The molecule has 28 heavy (non-hydrogen) atoms. The summed E-state index contributed by atoms with van der Waals surface area (Å²) in [6.07, 6.45) is 4.21. The van der Waals surface area contributed by atoms with Gasteiger partial charge in [0.2, 0.25) is 6.79 Å². The molecule has 1 amide bonds. The molecular formula is C20H22N2O5S. The topological polar surface area (TPSA) is 84.9 Å². The number of hydrogen-bond acceptors (Lipinski definition) is 5. The first kappa shape index (κ1) is 18.6. The van der Waals surface area contributed by atoms with Crippen molar-refractivity contribution in [3.05, 3.63) is 48.0 Å². The maximum absolute atomic E-state index is 12.8. The second kappa shape index (κ2) is 7.71. The lowest BCUT2D eigenvalue weighted by molar-refractivity contribution is 0.0761. The van der Waals surface area contributed by atoms with Crippen molar-refractivity contribution in [2.45, 2.75) is 30.6 Å². The minimum absolute atomic E-state index is 0.0471. The lowest BCUT2D eigenvalue weighted by Crippen LogP contribution is -2.32. The fourth-order valence-corrected chi connectivity index (χ4v) is 4.52. The van der Waals surface area contributed by atoms with E-state index in [4.69, 9.17) is 9.47 Å². The van der Waals surface area contributed by atoms with Crippen LogP contribution in [-0.2, 0) is 10.0 Å². The third-order valence-corrected chi connectivity index (χ3v) is 6.29. The van der Waals surface area contributed by atoms with Gasteiger partial charge in [0.15, 0.2) is 11.5 Å². The van der Waals surface area contributed by atoms with E-state index in [0.717, 1.165) is 25.7 Å².